The fourth-order valence-corrected chi connectivity index (χ4v) is 10.1. The SMILES string of the molecule is CC1C=Cc2c(c3c4c5ccccc5n(-c5ccccc5)c4c4c(c3n2-c2ccc3c5c(cccc25)-c2ccccc2-3)CC2=C4CCC=C2)C1. The minimum Gasteiger partial charge on any atom is -0.309 e. The Morgan fingerprint density at radius 1 is 0.600 bits per heavy atom. The van der Waals surface area contributed by atoms with Crippen molar-refractivity contribution in [1.29, 1.82) is 0 Å². The van der Waals surface area contributed by atoms with Crippen molar-refractivity contribution in [3.63, 3.8) is 0 Å². The number of aromatic nitrogens is 2. The van der Waals surface area contributed by atoms with Gasteiger partial charge in [-0.05, 0) is 105 Å². The van der Waals surface area contributed by atoms with Crippen molar-refractivity contribution in [2.75, 3.05) is 0 Å². The molecule has 0 amide bonds. The van der Waals surface area contributed by atoms with Gasteiger partial charge in [0.2, 0.25) is 0 Å². The molecule has 12 rings (SSSR count). The molecule has 1 atom stereocenters. The zero-order chi connectivity index (χ0) is 32.7. The third-order valence-corrected chi connectivity index (χ3v) is 12.1. The topological polar surface area (TPSA) is 9.86 Å². The smallest absolute Gasteiger partial charge is 0.0626 e. The van der Waals surface area contributed by atoms with Crippen LogP contribution in [0.1, 0.15) is 42.1 Å². The molecule has 0 fully saturated rings. The second kappa shape index (κ2) is 9.64. The quantitative estimate of drug-likeness (QED) is 0.178. The first-order valence-electron chi connectivity index (χ1n) is 18.2. The van der Waals surface area contributed by atoms with Crippen LogP contribution in [0, 0.1) is 5.92 Å². The van der Waals surface area contributed by atoms with Gasteiger partial charge >= 0.3 is 0 Å². The Kier molecular flexibility index (Phi) is 5.21. The summed E-state index contributed by atoms with van der Waals surface area (Å²) in [5, 5.41) is 6.92. The Morgan fingerprint density at radius 2 is 1.36 bits per heavy atom. The normalized spacial score (nSPS) is 16.9. The molecule has 2 nitrogen and oxygen atoms in total. The van der Waals surface area contributed by atoms with E-state index in [9.17, 15) is 0 Å². The van der Waals surface area contributed by atoms with Crippen LogP contribution < -0.4 is 0 Å². The first-order chi connectivity index (χ1) is 24.8. The molecule has 6 aromatic carbocycles. The summed E-state index contributed by atoms with van der Waals surface area (Å²) in [6, 6.07) is 40.9. The van der Waals surface area contributed by atoms with Gasteiger partial charge in [-0.1, -0.05) is 110 Å². The van der Waals surface area contributed by atoms with E-state index < -0.39 is 0 Å². The molecule has 2 heterocycles. The summed E-state index contributed by atoms with van der Waals surface area (Å²) in [6.45, 7) is 2.38. The summed E-state index contributed by atoms with van der Waals surface area (Å²) in [5.74, 6) is 0.476. The molecule has 0 radical (unpaired) electrons. The minimum absolute atomic E-state index is 0.476. The van der Waals surface area contributed by atoms with Crippen LogP contribution in [0.25, 0.3) is 88.8 Å². The fourth-order valence-electron chi connectivity index (χ4n) is 10.1. The maximum absolute atomic E-state index is 2.69. The highest BCUT2D eigenvalue weighted by molar-refractivity contribution is 6.27. The second-order valence-corrected chi connectivity index (χ2v) is 14.8. The van der Waals surface area contributed by atoms with Gasteiger partial charge in [0.25, 0.3) is 0 Å². The van der Waals surface area contributed by atoms with Gasteiger partial charge in [-0.15, -0.1) is 0 Å². The highest BCUT2D eigenvalue weighted by atomic mass is 15.0. The highest BCUT2D eigenvalue weighted by Gasteiger charge is 2.35. The van der Waals surface area contributed by atoms with Gasteiger partial charge in [-0.3, -0.25) is 0 Å². The molecule has 2 aromatic heterocycles. The van der Waals surface area contributed by atoms with Crippen molar-refractivity contribution in [1.82, 2.24) is 9.13 Å². The molecule has 1 unspecified atom stereocenters. The van der Waals surface area contributed by atoms with Gasteiger partial charge in [0.05, 0.1) is 22.2 Å². The number of rotatable bonds is 2. The van der Waals surface area contributed by atoms with E-state index in [0.717, 1.165) is 25.7 Å². The number of benzene rings is 6. The van der Waals surface area contributed by atoms with Gasteiger partial charge in [0, 0.05) is 44.9 Å². The molecule has 0 bridgehead atoms. The van der Waals surface area contributed by atoms with E-state index in [1.165, 1.54) is 105 Å². The number of hydrogen-bond acceptors (Lipinski definition) is 0. The lowest BCUT2D eigenvalue weighted by atomic mass is 9.89. The average Bonchev–Trinajstić information content (AvgIpc) is 3.90. The van der Waals surface area contributed by atoms with Crippen molar-refractivity contribution in [3.8, 4) is 33.6 Å². The maximum atomic E-state index is 2.69. The molecule has 0 saturated carbocycles. The molecule has 8 aromatic rings. The van der Waals surface area contributed by atoms with E-state index in [1.807, 2.05) is 0 Å². The van der Waals surface area contributed by atoms with Crippen molar-refractivity contribution in [2.24, 2.45) is 5.92 Å². The summed E-state index contributed by atoms with van der Waals surface area (Å²) < 4.78 is 5.27. The number of allylic oxidation sites excluding steroid dienone is 5. The van der Waals surface area contributed by atoms with E-state index in [-0.39, 0.29) is 0 Å². The molecule has 50 heavy (non-hydrogen) atoms. The molecule has 2 heteroatoms. The highest BCUT2D eigenvalue weighted by Crippen LogP contribution is 2.54. The standard InChI is InChI=1S/C48H34N2/c1-28-22-24-42-38(26-28)46-45-37-18-9-10-21-40(37)49(30-13-3-2-4-14-30)48(45)44-31-15-6-5-12-29(31)27-39(44)47(46)50(42)41-25-23-35-33-17-8-7-16-32(33)34-19-11-20-36(41)43(34)35/h2-5,7-14,16-25,28H,6,15,26-27H2,1H3. The first kappa shape index (κ1) is 27.0. The zero-order valence-corrected chi connectivity index (χ0v) is 28.0. The molecule has 0 aliphatic heterocycles. The Labute approximate surface area is 290 Å². The Hall–Kier alpha value is -5.86. The van der Waals surface area contributed by atoms with Crippen LogP contribution in [0.5, 0.6) is 0 Å². The number of nitrogens with zero attached hydrogens (tertiary/aromatic N) is 2. The van der Waals surface area contributed by atoms with Gasteiger partial charge in [0.1, 0.15) is 0 Å². The summed E-state index contributed by atoms with van der Waals surface area (Å²) in [5.41, 5.74) is 20.8. The van der Waals surface area contributed by atoms with Crippen molar-refractivity contribution < 1.29 is 0 Å². The summed E-state index contributed by atoms with van der Waals surface area (Å²) in [4.78, 5) is 0. The largest absolute Gasteiger partial charge is 0.309 e. The van der Waals surface area contributed by atoms with Crippen LogP contribution >= 0.6 is 0 Å². The van der Waals surface area contributed by atoms with Crippen molar-refractivity contribution in [2.45, 2.75) is 32.6 Å². The molecule has 0 spiro atoms. The molecule has 236 valence electrons. The molecular weight excluding hydrogens is 605 g/mol. The number of para-hydroxylation sites is 2. The second-order valence-electron chi connectivity index (χ2n) is 14.8. The predicted molar refractivity (Wildman–Crippen MR) is 210 cm³/mol. The third-order valence-electron chi connectivity index (χ3n) is 12.1. The summed E-state index contributed by atoms with van der Waals surface area (Å²) in [6.07, 6.45) is 13.9. The fraction of sp³-hybridized carbons (Fsp3) is 0.125. The van der Waals surface area contributed by atoms with E-state index in [2.05, 4.69) is 150 Å². The van der Waals surface area contributed by atoms with Crippen molar-refractivity contribution >= 4 is 55.1 Å². The predicted octanol–water partition coefficient (Wildman–Crippen LogP) is 12.4. The number of fused-ring (bicyclic) bond motifs is 14. The molecule has 0 saturated heterocycles. The van der Waals surface area contributed by atoms with Gasteiger partial charge < -0.3 is 9.13 Å². The van der Waals surface area contributed by atoms with Gasteiger partial charge in [0.15, 0.2) is 0 Å². The van der Waals surface area contributed by atoms with Crippen LogP contribution in [0.2, 0.25) is 0 Å². The van der Waals surface area contributed by atoms with Gasteiger partial charge in [-0.25, -0.2) is 0 Å². The van der Waals surface area contributed by atoms with Crippen LogP contribution in [-0.2, 0) is 12.8 Å². The molecule has 0 N–H and O–H groups in total. The van der Waals surface area contributed by atoms with Crippen LogP contribution in [0.15, 0.2) is 133 Å². The van der Waals surface area contributed by atoms with Crippen molar-refractivity contribution in [3.05, 3.63) is 155 Å². The Balaban J connectivity index is 1.31. The third kappa shape index (κ3) is 3.29. The minimum atomic E-state index is 0.476. The van der Waals surface area contributed by atoms with Crippen LogP contribution in [-0.4, -0.2) is 9.13 Å². The summed E-state index contributed by atoms with van der Waals surface area (Å²) >= 11 is 0. The Bertz CT molecular complexity index is 2890. The lowest BCUT2D eigenvalue weighted by Gasteiger charge is -2.18. The number of hydrogen-bond donors (Lipinski definition) is 0. The Morgan fingerprint density at radius 3 is 2.24 bits per heavy atom. The van der Waals surface area contributed by atoms with E-state index >= 15 is 0 Å². The lowest BCUT2D eigenvalue weighted by molar-refractivity contribution is 0.718. The van der Waals surface area contributed by atoms with E-state index in [4.69, 9.17) is 0 Å². The summed E-state index contributed by atoms with van der Waals surface area (Å²) in [7, 11) is 0. The first-order valence-corrected chi connectivity index (χ1v) is 18.2. The molecular formula is C48H34N2. The van der Waals surface area contributed by atoms with E-state index in [0.29, 0.717) is 5.92 Å². The lowest BCUT2D eigenvalue weighted by Crippen LogP contribution is -2.06. The van der Waals surface area contributed by atoms with E-state index in [1.54, 1.807) is 5.57 Å². The van der Waals surface area contributed by atoms with Crippen LogP contribution in [0.4, 0.5) is 0 Å². The van der Waals surface area contributed by atoms with Crippen LogP contribution in [0.3, 0.4) is 0 Å². The zero-order valence-electron chi connectivity index (χ0n) is 28.0. The molecule has 4 aliphatic carbocycles. The molecule has 4 aliphatic rings. The van der Waals surface area contributed by atoms with Gasteiger partial charge in [-0.2, -0.15) is 0 Å². The maximum Gasteiger partial charge on any atom is 0.0626 e. The monoisotopic (exact) mass is 638 g/mol. The average molecular weight is 639 g/mol.